The minimum atomic E-state index is -0.670. The van der Waals surface area contributed by atoms with E-state index >= 15 is 0 Å². The Morgan fingerprint density at radius 3 is 2.20 bits per heavy atom. The molecular formula is C9H10NO5. The van der Waals surface area contributed by atoms with E-state index in [0.29, 0.717) is 5.75 Å². The number of benzene rings is 1. The molecule has 15 heavy (non-hydrogen) atoms. The molecule has 0 saturated heterocycles. The number of nitro benzene ring substituents is 1. The summed E-state index contributed by atoms with van der Waals surface area (Å²) in [5.74, 6) is 0.551. The van der Waals surface area contributed by atoms with Crippen LogP contribution in [0.5, 0.6) is 11.5 Å². The molecule has 0 spiro atoms. The zero-order chi connectivity index (χ0) is 11.4. The molecule has 0 amide bonds. The van der Waals surface area contributed by atoms with Crippen molar-refractivity contribution in [2.24, 2.45) is 0 Å². The summed E-state index contributed by atoms with van der Waals surface area (Å²) in [5.41, 5.74) is -0.166. The van der Waals surface area contributed by atoms with Gasteiger partial charge in [0.15, 0.2) is 11.5 Å². The Hall–Kier alpha value is -1.82. The van der Waals surface area contributed by atoms with E-state index in [1.165, 1.54) is 26.4 Å². The lowest BCUT2D eigenvalue weighted by atomic mass is 10.1. The molecule has 1 aromatic carbocycles. The van der Waals surface area contributed by atoms with Crippen LogP contribution in [0.3, 0.4) is 0 Å². The van der Waals surface area contributed by atoms with Gasteiger partial charge in [0, 0.05) is 0 Å². The maximum absolute atomic E-state index is 10.7. The predicted molar refractivity (Wildman–Crippen MR) is 50.6 cm³/mol. The lowest BCUT2D eigenvalue weighted by Crippen LogP contribution is -1.98. The lowest BCUT2D eigenvalue weighted by molar-refractivity contribution is -0.386. The number of nitro groups is 1. The fourth-order valence-electron chi connectivity index (χ4n) is 1.20. The van der Waals surface area contributed by atoms with Gasteiger partial charge < -0.3 is 9.47 Å². The maximum atomic E-state index is 10.7. The highest BCUT2D eigenvalue weighted by atomic mass is 16.6. The molecule has 0 aromatic heterocycles. The summed E-state index contributed by atoms with van der Waals surface area (Å²) < 4.78 is 9.82. The molecule has 0 aliphatic carbocycles. The standard InChI is InChI=1S/C9H10NO5/c1-14-8-3-6(5-11)7(10(12)13)4-9(8)15-2/h3-4H,5H2,1-2H3. The van der Waals surface area contributed by atoms with E-state index in [1.807, 2.05) is 0 Å². The summed E-state index contributed by atoms with van der Waals surface area (Å²) in [4.78, 5) is 10.0. The van der Waals surface area contributed by atoms with E-state index in [1.54, 1.807) is 0 Å². The highest BCUT2D eigenvalue weighted by molar-refractivity contribution is 5.53. The van der Waals surface area contributed by atoms with Gasteiger partial charge in [-0.15, -0.1) is 0 Å². The minimum Gasteiger partial charge on any atom is -0.493 e. The van der Waals surface area contributed by atoms with Crippen LogP contribution in [-0.2, 0) is 11.7 Å². The lowest BCUT2D eigenvalue weighted by Gasteiger charge is -2.08. The Morgan fingerprint density at radius 1 is 1.27 bits per heavy atom. The Balaban J connectivity index is 3.34. The minimum absolute atomic E-state index is 0.0812. The number of hydrogen-bond acceptors (Lipinski definition) is 4. The smallest absolute Gasteiger partial charge is 0.279 e. The topological polar surface area (TPSA) is 81.5 Å². The second kappa shape index (κ2) is 4.61. The Labute approximate surface area is 86.2 Å². The van der Waals surface area contributed by atoms with Gasteiger partial charge in [0.1, 0.15) is 6.61 Å². The summed E-state index contributed by atoms with van der Waals surface area (Å²) in [6, 6.07) is 2.51. The van der Waals surface area contributed by atoms with Crippen molar-refractivity contribution in [1.82, 2.24) is 0 Å². The number of hydrogen-bond donors (Lipinski definition) is 0. The Bertz CT molecular complexity index is 377. The molecule has 81 valence electrons. The van der Waals surface area contributed by atoms with Gasteiger partial charge in [0.25, 0.3) is 5.69 Å². The quantitative estimate of drug-likeness (QED) is 0.560. The molecule has 0 saturated carbocycles. The van der Waals surface area contributed by atoms with Gasteiger partial charge in [-0.3, -0.25) is 10.1 Å². The summed E-state index contributed by atoms with van der Waals surface area (Å²) in [6.07, 6.45) is 0. The van der Waals surface area contributed by atoms with Crippen molar-refractivity contribution in [2.75, 3.05) is 14.2 Å². The zero-order valence-corrected chi connectivity index (χ0v) is 8.35. The number of rotatable bonds is 4. The first-order chi connectivity index (χ1) is 7.13. The monoisotopic (exact) mass is 212 g/mol. The van der Waals surface area contributed by atoms with Crippen LogP contribution in [-0.4, -0.2) is 19.1 Å². The summed E-state index contributed by atoms with van der Waals surface area (Å²) in [6.45, 7) is -0.670. The molecule has 0 aliphatic rings. The highest BCUT2D eigenvalue weighted by Gasteiger charge is 2.18. The fourth-order valence-corrected chi connectivity index (χ4v) is 1.20. The van der Waals surface area contributed by atoms with Gasteiger partial charge in [-0.25, -0.2) is 5.11 Å². The largest absolute Gasteiger partial charge is 0.493 e. The molecule has 1 aromatic rings. The van der Waals surface area contributed by atoms with E-state index in [4.69, 9.17) is 9.47 Å². The third kappa shape index (κ3) is 2.16. The second-order valence-corrected chi connectivity index (χ2v) is 2.74. The first kappa shape index (κ1) is 11.3. The molecule has 0 N–H and O–H groups in total. The Kier molecular flexibility index (Phi) is 3.46. The van der Waals surface area contributed by atoms with E-state index < -0.39 is 11.5 Å². The van der Waals surface area contributed by atoms with Crippen LogP contribution in [0.1, 0.15) is 5.56 Å². The van der Waals surface area contributed by atoms with Crippen molar-refractivity contribution in [2.45, 2.75) is 6.61 Å². The third-order valence-electron chi connectivity index (χ3n) is 1.94. The number of methoxy groups -OCH3 is 2. The normalized spacial score (nSPS) is 9.80. The fraction of sp³-hybridized carbons (Fsp3) is 0.333. The molecule has 1 radical (unpaired) electrons. The van der Waals surface area contributed by atoms with Crippen molar-refractivity contribution >= 4 is 5.69 Å². The molecule has 6 nitrogen and oxygen atoms in total. The number of nitrogens with zero attached hydrogens (tertiary/aromatic N) is 1. The average molecular weight is 212 g/mol. The van der Waals surface area contributed by atoms with Crippen molar-refractivity contribution in [3.05, 3.63) is 27.8 Å². The molecule has 0 aliphatic heterocycles. The van der Waals surface area contributed by atoms with Gasteiger partial charge in [0.05, 0.1) is 30.8 Å². The van der Waals surface area contributed by atoms with Gasteiger partial charge >= 0.3 is 0 Å². The van der Waals surface area contributed by atoms with Crippen molar-refractivity contribution in [3.8, 4) is 11.5 Å². The number of ether oxygens (including phenoxy) is 2. The average Bonchev–Trinajstić information content (AvgIpc) is 2.26. The van der Waals surface area contributed by atoms with Gasteiger partial charge in [-0.1, -0.05) is 0 Å². The van der Waals surface area contributed by atoms with E-state index in [-0.39, 0.29) is 17.0 Å². The summed E-state index contributed by atoms with van der Waals surface area (Å²) in [7, 11) is 2.77. The van der Waals surface area contributed by atoms with Crippen LogP contribution in [0.15, 0.2) is 12.1 Å². The molecule has 6 heteroatoms. The highest BCUT2D eigenvalue weighted by Crippen LogP contribution is 2.34. The van der Waals surface area contributed by atoms with Crippen molar-refractivity contribution < 1.29 is 19.5 Å². The zero-order valence-electron chi connectivity index (χ0n) is 8.35. The molecule has 0 heterocycles. The molecule has 0 fully saturated rings. The SMILES string of the molecule is COc1cc(C[O])c([N+](=O)[O-])cc1OC. The van der Waals surface area contributed by atoms with Gasteiger partial charge in [-0.2, -0.15) is 0 Å². The van der Waals surface area contributed by atoms with Gasteiger partial charge in [-0.05, 0) is 6.07 Å². The van der Waals surface area contributed by atoms with Crippen LogP contribution in [0.4, 0.5) is 5.69 Å². The molecule has 1 rings (SSSR count). The van der Waals surface area contributed by atoms with E-state index in [2.05, 4.69) is 0 Å². The van der Waals surface area contributed by atoms with E-state index in [9.17, 15) is 15.2 Å². The second-order valence-electron chi connectivity index (χ2n) is 2.74. The van der Waals surface area contributed by atoms with Crippen LogP contribution in [0.25, 0.3) is 0 Å². The molecule has 0 atom stereocenters. The third-order valence-corrected chi connectivity index (χ3v) is 1.94. The van der Waals surface area contributed by atoms with Crippen LogP contribution in [0.2, 0.25) is 0 Å². The first-order valence-electron chi connectivity index (χ1n) is 4.11. The molecule has 0 unspecified atom stereocenters. The molecule has 0 bridgehead atoms. The van der Waals surface area contributed by atoms with Crippen LogP contribution >= 0.6 is 0 Å². The summed E-state index contributed by atoms with van der Waals surface area (Å²) in [5, 5.41) is 21.3. The Morgan fingerprint density at radius 2 is 1.80 bits per heavy atom. The van der Waals surface area contributed by atoms with Gasteiger partial charge in [0.2, 0.25) is 0 Å². The van der Waals surface area contributed by atoms with Crippen LogP contribution in [0, 0.1) is 10.1 Å². The first-order valence-corrected chi connectivity index (χ1v) is 4.11. The maximum Gasteiger partial charge on any atom is 0.279 e. The van der Waals surface area contributed by atoms with Crippen LogP contribution < -0.4 is 9.47 Å². The predicted octanol–water partition coefficient (Wildman–Crippen LogP) is 1.54. The van der Waals surface area contributed by atoms with Crippen molar-refractivity contribution in [1.29, 1.82) is 0 Å². The van der Waals surface area contributed by atoms with Crippen molar-refractivity contribution in [3.63, 3.8) is 0 Å². The van der Waals surface area contributed by atoms with E-state index in [0.717, 1.165) is 0 Å². The summed E-state index contributed by atoms with van der Waals surface area (Å²) >= 11 is 0. The molecular weight excluding hydrogens is 202 g/mol.